The zero-order valence-corrected chi connectivity index (χ0v) is 12.3. The van der Waals surface area contributed by atoms with Crippen LogP contribution in [-0.4, -0.2) is 8.07 Å². The fraction of sp³-hybridized carbons (Fsp3) is 0.867. The Balaban J connectivity index is 2.14. The molecular formula is C15H28Si. The summed E-state index contributed by atoms with van der Waals surface area (Å²) in [5.74, 6) is 1.97. The van der Waals surface area contributed by atoms with Crippen molar-refractivity contribution in [3.8, 4) is 0 Å². The molecule has 0 saturated heterocycles. The maximum atomic E-state index is 2.57. The molecule has 1 heteroatoms. The Bertz CT molecular complexity index is 250. The van der Waals surface area contributed by atoms with Crippen LogP contribution in [0.4, 0.5) is 0 Å². The van der Waals surface area contributed by atoms with Gasteiger partial charge in [-0.1, -0.05) is 63.9 Å². The third-order valence-corrected chi connectivity index (χ3v) is 11.9. The van der Waals surface area contributed by atoms with Gasteiger partial charge in [0.2, 0.25) is 0 Å². The highest BCUT2D eigenvalue weighted by Gasteiger charge is 2.47. The molecule has 1 fully saturated rings. The van der Waals surface area contributed by atoms with Gasteiger partial charge in [0.05, 0.1) is 8.07 Å². The van der Waals surface area contributed by atoms with Gasteiger partial charge < -0.3 is 0 Å². The van der Waals surface area contributed by atoms with E-state index in [0.717, 1.165) is 17.4 Å². The largest absolute Gasteiger partial charge is 0.0851 e. The molecule has 0 aromatic carbocycles. The number of allylic oxidation sites excluding steroid dienone is 2. The molecule has 2 aliphatic carbocycles. The van der Waals surface area contributed by atoms with Crippen molar-refractivity contribution >= 4 is 8.07 Å². The van der Waals surface area contributed by atoms with Gasteiger partial charge >= 0.3 is 0 Å². The number of rotatable bonds is 6. The molecule has 2 bridgehead atoms. The topological polar surface area (TPSA) is 0 Å². The SMILES string of the molecule is CCC[Si](CC)(CCC)C1CC2C=CC1C2. The molecule has 2 aliphatic rings. The second-order valence-corrected chi connectivity index (χ2v) is 11.3. The molecule has 92 valence electrons. The minimum Gasteiger partial charge on any atom is -0.0851 e. The van der Waals surface area contributed by atoms with Gasteiger partial charge in [-0.2, -0.15) is 0 Å². The quantitative estimate of drug-likeness (QED) is 0.437. The van der Waals surface area contributed by atoms with Crippen LogP contribution in [0.15, 0.2) is 12.2 Å². The third-order valence-electron chi connectivity index (χ3n) is 5.27. The number of hydrogen-bond acceptors (Lipinski definition) is 0. The van der Waals surface area contributed by atoms with Gasteiger partial charge in [0.25, 0.3) is 0 Å². The highest BCUT2D eigenvalue weighted by atomic mass is 28.3. The van der Waals surface area contributed by atoms with Crippen LogP contribution in [0.1, 0.15) is 46.5 Å². The van der Waals surface area contributed by atoms with Crippen LogP contribution in [0.5, 0.6) is 0 Å². The lowest BCUT2D eigenvalue weighted by molar-refractivity contribution is 0.652. The molecule has 3 atom stereocenters. The van der Waals surface area contributed by atoms with Crippen LogP contribution >= 0.6 is 0 Å². The van der Waals surface area contributed by atoms with E-state index < -0.39 is 8.07 Å². The molecule has 0 nitrogen and oxygen atoms in total. The van der Waals surface area contributed by atoms with Gasteiger partial charge in [-0.3, -0.25) is 0 Å². The van der Waals surface area contributed by atoms with Crippen molar-refractivity contribution in [2.45, 2.75) is 70.1 Å². The van der Waals surface area contributed by atoms with Gasteiger partial charge in [-0.15, -0.1) is 0 Å². The molecule has 0 aliphatic heterocycles. The van der Waals surface area contributed by atoms with E-state index in [1.165, 1.54) is 25.3 Å². The van der Waals surface area contributed by atoms with Crippen LogP contribution in [-0.2, 0) is 0 Å². The third kappa shape index (κ3) is 2.03. The van der Waals surface area contributed by atoms with Crippen molar-refractivity contribution in [3.05, 3.63) is 12.2 Å². The minimum atomic E-state index is -0.941. The summed E-state index contributed by atoms with van der Waals surface area (Å²) in [6.45, 7) is 7.29. The fourth-order valence-electron chi connectivity index (χ4n) is 4.59. The maximum absolute atomic E-state index is 2.57. The summed E-state index contributed by atoms with van der Waals surface area (Å²) in [4.78, 5) is 0. The Morgan fingerprint density at radius 3 is 2.06 bits per heavy atom. The van der Waals surface area contributed by atoms with Crippen molar-refractivity contribution < 1.29 is 0 Å². The van der Waals surface area contributed by atoms with Crippen molar-refractivity contribution in [2.75, 3.05) is 0 Å². The van der Waals surface area contributed by atoms with Crippen molar-refractivity contribution in [1.82, 2.24) is 0 Å². The van der Waals surface area contributed by atoms with E-state index in [1.807, 2.05) is 0 Å². The van der Waals surface area contributed by atoms with Crippen molar-refractivity contribution in [3.63, 3.8) is 0 Å². The Kier molecular flexibility index (Phi) is 3.94. The van der Waals surface area contributed by atoms with Crippen molar-refractivity contribution in [2.24, 2.45) is 11.8 Å². The van der Waals surface area contributed by atoms with Crippen LogP contribution in [0.25, 0.3) is 0 Å². The molecule has 0 N–H and O–H groups in total. The minimum absolute atomic E-state index is 0.941. The Hall–Kier alpha value is -0.0431. The summed E-state index contributed by atoms with van der Waals surface area (Å²) in [6, 6.07) is 4.73. The molecule has 0 radical (unpaired) electrons. The first-order valence-electron chi connectivity index (χ1n) is 7.44. The summed E-state index contributed by atoms with van der Waals surface area (Å²) in [5.41, 5.74) is 1.15. The van der Waals surface area contributed by atoms with Gasteiger partial charge in [0.15, 0.2) is 0 Å². The van der Waals surface area contributed by atoms with Crippen LogP contribution < -0.4 is 0 Å². The van der Waals surface area contributed by atoms with E-state index in [1.54, 1.807) is 18.5 Å². The predicted octanol–water partition coefficient (Wildman–Crippen LogP) is 5.24. The summed E-state index contributed by atoms with van der Waals surface area (Å²) < 4.78 is 0. The van der Waals surface area contributed by atoms with E-state index >= 15 is 0 Å². The molecule has 3 unspecified atom stereocenters. The van der Waals surface area contributed by atoms with Gasteiger partial charge in [-0.05, 0) is 30.2 Å². The van der Waals surface area contributed by atoms with E-state index in [4.69, 9.17) is 0 Å². The monoisotopic (exact) mass is 236 g/mol. The van der Waals surface area contributed by atoms with Crippen molar-refractivity contribution in [1.29, 1.82) is 0 Å². The second kappa shape index (κ2) is 5.08. The summed E-state index contributed by atoms with van der Waals surface area (Å²) in [6.07, 6.45) is 11.0. The number of fused-ring (bicyclic) bond motifs is 2. The van der Waals surface area contributed by atoms with E-state index in [9.17, 15) is 0 Å². The standard InChI is InChI=1S/C15H28Si/c1-4-9-16(6-3,10-5-2)15-12-13-7-8-14(15)11-13/h7-8,13-15H,4-6,9-12H2,1-3H3. The lowest BCUT2D eigenvalue weighted by atomic mass is 10.1. The zero-order valence-electron chi connectivity index (χ0n) is 11.3. The van der Waals surface area contributed by atoms with Gasteiger partial charge in [-0.25, -0.2) is 0 Å². The molecule has 0 heterocycles. The van der Waals surface area contributed by atoms with Gasteiger partial charge in [0.1, 0.15) is 0 Å². The Morgan fingerprint density at radius 2 is 1.69 bits per heavy atom. The first-order valence-corrected chi connectivity index (χ1v) is 10.1. The zero-order chi connectivity index (χ0) is 11.6. The predicted molar refractivity (Wildman–Crippen MR) is 75.5 cm³/mol. The van der Waals surface area contributed by atoms with Crippen LogP contribution in [0, 0.1) is 11.8 Å². The molecular weight excluding hydrogens is 208 g/mol. The molecule has 16 heavy (non-hydrogen) atoms. The maximum Gasteiger partial charge on any atom is 0.0570 e. The lowest BCUT2D eigenvalue weighted by Crippen LogP contribution is -2.40. The molecule has 1 saturated carbocycles. The van der Waals surface area contributed by atoms with E-state index in [-0.39, 0.29) is 0 Å². The average molecular weight is 236 g/mol. The number of hydrogen-bond donors (Lipinski definition) is 0. The normalized spacial score (nSPS) is 32.6. The Labute approximate surface area is 103 Å². The van der Waals surface area contributed by atoms with Gasteiger partial charge in [0, 0.05) is 0 Å². The molecule has 0 spiro atoms. The summed E-state index contributed by atoms with van der Waals surface area (Å²) in [5, 5.41) is 0. The molecule has 0 aromatic rings. The fourth-order valence-corrected chi connectivity index (χ4v) is 10.8. The van der Waals surface area contributed by atoms with E-state index in [0.29, 0.717) is 0 Å². The highest BCUT2D eigenvalue weighted by Crippen LogP contribution is 2.55. The summed E-state index contributed by atoms with van der Waals surface area (Å²) in [7, 11) is -0.941. The lowest BCUT2D eigenvalue weighted by Gasteiger charge is -2.40. The highest BCUT2D eigenvalue weighted by molar-refractivity contribution is 6.81. The summed E-state index contributed by atoms with van der Waals surface area (Å²) >= 11 is 0. The van der Waals surface area contributed by atoms with E-state index in [2.05, 4.69) is 32.9 Å². The first-order chi connectivity index (χ1) is 7.75. The second-order valence-electron chi connectivity index (χ2n) is 6.10. The van der Waals surface area contributed by atoms with Crippen LogP contribution in [0.2, 0.25) is 23.7 Å². The van der Waals surface area contributed by atoms with Crippen LogP contribution in [0.3, 0.4) is 0 Å². The smallest absolute Gasteiger partial charge is 0.0570 e. The molecule has 0 amide bonds. The Morgan fingerprint density at radius 1 is 1.00 bits per heavy atom. The molecule has 2 rings (SSSR count). The average Bonchev–Trinajstić information content (AvgIpc) is 2.90. The first kappa shape index (κ1) is 12.4. The molecule has 0 aromatic heterocycles.